The monoisotopic (exact) mass is 439 g/mol. The Kier molecular flexibility index (Phi) is 5.93. The zero-order chi connectivity index (χ0) is 22.7. The Balaban J connectivity index is 1.27. The molecule has 4 amide bonds. The molecule has 2 N–H and O–H groups in total. The number of carbonyl (C=O) groups is 4. The summed E-state index contributed by atoms with van der Waals surface area (Å²) in [6, 6.07) is 11.2. The van der Waals surface area contributed by atoms with E-state index in [9.17, 15) is 19.2 Å². The Morgan fingerprint density at radius 3 is 2.53 bits per heavy atom. The van der Waals surface area contributed by atoms with E-state index < -0.39 is 24.0 Å². The molecule has 2 aliphatic heterocycles. The summed E-state index contributed by atoms with van der Waals surface area (Å²) in [6.45, 7) is 2.00. The lowest BCUT2D eigenvalue weighted by atomic mass is 10.1. The minimum atomic E-state index is -0.998. The van der Waals surface area contributed by atoms with E-state index in [1.165, 1.54) is 19.1 Å². The van der Waals surface area contributed by atoms with E-state index >= 15 is 0 Å². The first-order valence-corrected chi connectivity index (χ1v) is 9.95. The quantitative estimate of drug-likeness (QED) is 0.493. The van der Waals surface area contributed by atoms with Crippen LogP contribution in [-0.4, -0.2) is 48.2 Å². The second-order valence-corrected chi connectivity index (χ2v) is 7.29. The maximum Gasteiger partial charge on any atom is 0.338 e. The van der Waals surface area contributed by atoms with E-state index in [0.717, 1.165) is 10.5 Å². The molecule has 0 bridgehead atoms. The fraction of sp³-hybridized carbons (Fsp3) is 0.273. The van der Waals surface area contributed by atoms with E-state index in [0.29, 0.717) is 17.1 Å². The van der Waals surface area contributed by atoms with Crippen LogP contribution in [-0.2, 0) is 27.4 Å². The number of ether oxygens (including phenoxy) is 3. The molecule has 10 heteroatoms. The number of urea groups is 1. The number of amides is 4. The van der Waals surface area contributed by atoms with Crippen LogP contribution in [0.5, 0.6) is 11.5 Å². The highest BCUT2D eigenvalue weighted by Gasteiger charge is 2.28. The molecule has 0 radical (unpaired) electrons. The lowest BCUT2D eigenvalue weighted by molar-refractivity contribution is -0.129. The molecule has 2 heterocycles. The van der Waals surface area contributed by atoms with Gasteiger partial charge in [-0.15, -0.1) is 0 Å². The molecule has 2 aliphatic rings. The van der Waals surface area contributed by atoms with Crippen molar-refractivity contribution in [3.63, 3.8) is 0 Å². The van der Waals surface area contributed by atoms with Crippen molar-refractivity contribution in [3.8, 4) is 11.5 Å². The van der Waals surface area contributed by atoms with Gasteiger partial charge in [-0.2, -0.15) is 0 Å². The fourth-order valence-corrected chi connectivity index (χ4v) is 3.21. The molecule has 0 spiro atoms. The minimum absolute atomic E-state index is 0.0160. The van der Waals surface area contributed by atoms with Crippen LogP contribution in [0.3, 0.4) is 0 Å². The van der Waals surface area contributed by atoms with Crippen LogP contribution in [0.4, 0.5) is 4.79 Å². The van der Waals surface area contributed by atoms with E-state index in [2.05, 4.69) is 10.6 Å². The Hall–Kier alpha value is -4.08. The third kappa shape index (κ3) is 4.64. The van der Waals surface area contributed by atoms with Crippen LogP contribution >= 0.6 is 0 Å². The van der Waals surface area contributed by atoms with Gasteiger partial charge in [-0.05, 0) is 42.3 Å². The first kappa shape index (κ1) is 21.2. The Bertz CT molecular complexity index is 1050. The number of rotatable bonds is 7. The van der Waals surface area contributed by atoms with Gasteiger partial charge in [0.25, 0.3) is 5.91 Å². The maximum atomic E-state index is 12.4. The van der Waals surface area contributed by atoms with Gasteiger partial charge in [0.05, 0.1) is 18.7 Å². The summed E-state index contributed by atoms with van der Waals surface area (Å²) in [6.07, 6.45) is -0.998. The molecular formula is C22H21N3O7. The summed E-state index contributed by atoms with van der Waals surface area (Å²) in [5, 5.41) is 5.16. The third-order valence-electron chi connectivity index (χ3n) is 5.02. The molecule has 4 rings (SSSR count). The molecule has 10 nitrogen and oxygen atoms in total. The molecule has 1 unspecified atom stereocenters. The zero-order valence-corrected chi connectivity index (χ0v) is 17.3. The first-order chi connectivity index (χ1) is 15.4. The van der Waals surface area contributed by atoms with Crippen molar-refractivity contribution in [1.29, 1.82) is 0 Å². The number of esters is 1. The zero-order valence-electron chi connectivity index (χ0n) is 17.3. The minimum Gasteiger partial charge on any atom is -0.454 e. The summed E-state index contributed by atoms with van der Waals surface area (Å²) < 4.78 is 15.8. The van der Waals surface area contributed by atoms with E-state index in [1.807, 2.05) is 6.07 Å². The topological polar surface area (TPSA) is 123 Å². The number of hydrogen-bond donors (Lipinski definition) is 2. The van der Waals surface area contributed by atoms with Crippen LogP contribution in [0, 0.1) is 0 Å². The van der Waals surface area contributed by atoms with Gasteiger partial charge in [0.1, 0.15) is 0 Å². The average Bonchev–Trinajstić information content (AvgIpc) is 3.39. The molecule has 1 fully saturated rings. The fourth-order valence-electron chi connectivity index (χ4n) is 3.21. The van der Waals surface area contributed by atoms with E-state index in [1.54, 1.807) is 24.3 Å². The summed E-state index contributed by atoms with van der Waals surface area (Å²) in [5.74, 6) is -0.124. The van der Waals surface area contributed by atoms with Gasteiger partial charge in [-0.1, -0.05) is 18.2 Å². The van der Waals surface area contributed by atoms with Gasteiger partial charge >= 0.3 is 12.0 Å². The van der Waals surface area contributed by atoms with Crippen molar-refractivity contribution in [2.45, 2.75) is 26.1 Å². The summed E-state index contributed by atoms with van der Waals surface area (Å²) >= 11 is 0. The van der Waals surface area contributed by atoms with Crippen molar-refractivity contribution in [2.75, 3.05) is 13.3 Å². The molecule has 2 aromatic rings. The number of nitrogens with one attached hydrogen (secondary N) is 2. The lowest BCUT2D eigenvalue weighted by Gasteiger charge is -2.15. The number of benzene rings is 2. The standard InChI is InChI=1S/C22H21N3O7/c1-13(20(27)23-9-15-4-7-17-18(8-15)31-12-30-17)32-21(28)16-5-2-14(3-6-16)11-25-19(26)10-24-22(25)29/h2-8,13H,9-12H2,1H3,(H,23,27)(H,24,29). The van der Waals surface area contributed by atoms with Gasteiger partial charge in [0, 0.05) is 6.54 Å². The summed E-state index contributed by atoms with van der Waals surface area (Å²) in [7, 11) is 0. The van der Waals surface area contributed by atoms with E-state index in [4.69, 9.17) is 14.2 Å². The number of hydrogen-bond acceptors (Lipinski definition) is 7. The summed E-state index contributed by atoms with van der Waals surface area (Å²) in [5.41, 5.74) is 1.75. The third-order valence-corrected chi connectivity index (χ3v) is 5.02. The van der Waals surface area contributed by atoms with E-state index in [-0.39, 0.29) is 37.9 Å². The molecule has 32 heavy (non-hydrogen) atoms. The normalized spacial score (nSPS) is 15.3. The van der Waals surface area contributed by atoms with Crippen LogP contribution in [0.2, 0.25) is 0 Å². The Morgan fingerprint density at radius 2 is 1.81 bits per heavy atom. The predicted octanol–water partition coefficient (Wildman–Crippen LogP) is 1.33. The molecule has 1 atom stereocenters. The molecule has 0 aromatic heterocycles. The lowest BCUT2D eigenvalue weighted by Crippen LogP contribution is -2.35. The number of carbonyl (C=O) groups excluding carboxylic acids is 4. The van der Waals surface area contributed by atoms with Crippen molar-refractivity contribution in [1.82, 2.24) is 15.5 Å². The average molecular weight is 439 g/mol. The molecule has 0 aliphatic carbocycles. The smallest absolute Gasteiger partial charge is 0.338 e. The second-order valence-electron chi connectivity index (χ2n) is 7.29. The Morgan fingerprint density at radius 1 is 1.09 bits per heavy atom. The molecular weight excluding hydrogens is 418 g/mol. The van der Waals surface area contributed by atoms with Crippen LogP contribution < -0.4 is 20.1 Å². The molecule has 1 saturated heterocycles. The maximum absolute atomic E-state index is 12.4. The van der Waals surface area contributed by atoms with Gasteiger partial charge in [-0.25, -0.2) is 9.59 Å². The highest BCUT2D eigenvalue weighted by Crippen LogP contribution is 2.32. The first-order valence-electron chi connectivity index (χ1n) is 9.95. The van der Waals surface area contributed by atoms with Crippen molar-refractivity contribution < 1.29 is 33.4 Å². The van der Waals surface area contributed by atoms with Crippen molar-refractivity contribution in [2.24, 2.45) is 0 Å². The summed E-state index contributed by atoms with van der Waals surface area (Å²) in [4.78, 5) is 49.0. The number of fused-ring (bicyclic) bond motifs is 1. The highest BCUT2D eigenvalue weighted by molar-refractivity contribution is 6.01. The number of imide groups is 1. The van der Waals surface area contributed by atoms with Gasteiger partial charge < -0.3 is 24.8 Å². The largest absolute Gasteiger partial charge is 0.454 e. The molecule has 2 aromatic carbocycles. The van der Waals surface area contributed by atoms with Gasteiger partial charge in [0.2, 0.25) is 12.7 Å². The predicted molar refractivity (Wildman–Crippen MR) is 110 cm³/mol. The molecule has 0 saturated carbocycles. The van der Waals surface area contributed by atoms with Crippen molar-refractivity contribution in [3.05, 3.63) is 59.2 Å². The van der Waals surface area contributed by atoms with Crippen LogP contribution in [0.15, 0.2) is 42.5 Å². The SMILES string of the molecule is CC(OC(=O)c1ccc(CN2C(=O)CNC2=O)cc1)C(=O)NCc1ccc2c(c1)OCO2. The Labute approximate surface area is 183 Å². The second kappa shape index (κ2) is 8.96. The molecule has 166 valence electrons. The van der Waals surface area contributed by atoms with Crippen molar-refractivity contribution >= 4 is 23.8 Å². The van der Waals surface area contributed by atoms with Gasteiger partial charge in [-0.3, -0.25) is 14.5 Å². The highest BCUT2D eigenvalue weighted by atomic mass is 16.7. The number of nitrogens with zero attached hydrogens (tertiary/aromatic N) is 1. The van der Waals surface area contributed by atoms with Crippen LogP contribution in [0.25, 0.3) is 0 Å². The van der Waals surface area contributed by atoms with Gasteiger partial charge in [0.15, 0.2) is 17.6 Å². The van der Waals surface area contributed by atoms with Crippen LogP contribution in [0.1, 0.15) is 28.4 Å².